The Hall–Kier alpha value is -3.27. The Labute approximate surface area is 132 Å². The van der Waals surface area contributed by atoms with Gasteiger partial charge in [0.05, 0.1) is 13.7 Å². The second-order valence-corrected chi connectivity index (χ2v) is 4.28. The van der Waals surface area contributed by atoms with Crippen molar-refractivity contribution in [2.24, 2.45) is 0 Å². The summed E-state index contributed by atoms with van der Waals surface area (Å²) in [4.78, 5) is 22.5. The molecule has 0 spiro atoms. The predicted octanol–water partition coefficient (Wildman–Crippen LogP) is 0.591. The average molecular weight is 313 g/mol. The number of nitrogens with zero attached hydrogens (tertiary/aromatic N) is 1. The number of aromatic amines is 1. The van der Waals surface area contributed by atoms with Crippen molar-refractivity contribution < 1.29 is 14.3 Å². The fraction of sp³-hybridized carbons (Fsp3) is 0.188. The van der Waals surface area contributed by atoms with Crippen molar-refractivity contribution in [2.45, 2.75) is 0 Å². The summed E-state index contributed by atoms with van der Waals surface area (Å²) in [6, 6.07) is 9.83. The number of methoxy groups -OCH3 is 1. The van der Waals surface area contributed by atoms with Gasteiger partial charge in [0.2, 0.25) is 0 Å². The van der Waals surface area contributed by atoms with E-state index in [1.165, 1.54) is 12.1 Å². The molecule has 2 aromatic rings. The van der Waals surface area contributed by atoms with Crippen LogP contribution in [0.25, 0.3) is 0 Å². The first-order chi connectivity index (χ1) is 11.2. The van der Waals surface area contributed by atoms with Crippen molar-refractivity contribution in [3.63, 3.8) is 0 Å². The van der Waals surface area contributed by atoms with Crippen LogP contribution >= 0.6 is 0 Å². The molecule has 1 heterocycles. The van der Waals surface area contributed by atoms with Gasteiger partial charge in [0, 0.05) is 6.07 Å². The van der Waals surface area contributed by atoms with E-state index < -0.39 is 5.91 Å². The van der Waals surface area contributed by atoms with Crippen LogP contribution in [0.3, 0.4) is 0 Å². The van der Waals surface area contributed by atoms with Crippen molar-refractivity contribution in [3.05, 3.63) is 52.4 Å². The summed E-state index contributed by atoms with van der Waals surface area (Å²) in [5, 5.41) is 8.36. The Kier molecular flexibility index (Phi) is 5.77. The van der Waals surface area contributed by atoms with Gasteiger partial charge in [-0.3, -0.25) is 9.59 Å². The van der Waals surface area contributed by atoms with Crippen LogP contribution in [-0.2, 0) is 0 Å². The fourth-order valence-electron chi connectivity index (χ4n) is 1.65. The molecule has 23 heavy (non-hydrogen) atoms. The van der Waals surface area contributed by atoms with Gasteiger partial charge in [0.25, 0.3) is 11.5 Å². The van der Waals surface area contributed by atoms with Crippen LogP contribution in [0.15, 0.2) is 41.2 Å². The molecule has 0 radical (unpaired) electrons. The van der Waals surface area contributed by atoms with Crippen molar-refractivity contribution in [1.82, 2.24) is 15.5 Å². The molecule has 0 aliphatic rings. The maximum absolute atomic E-state index is 11.7. The number of ether oxygens (including phenoxy) is 2. The van der Waals surface area contributed by atoms with E-state index in [2.05, 4.69) is 27.4 Å². The SMILES string of the molecule is COc1ccccc1OCC#CCNC(=O)c1ccc(=O)[nH]n1. The van der Waals surface area contributed by atoms with E-state index in [4.69, 9.17) is 9.47 Å². The lowest BCUT2D eigenvalue weighted by atomic mass is 10.3. The van der Waals surface area contributed by atoms with Crippen molar-refractivity contribution in [1.29, 1.82) is 0 Å². The number of amides is 1. The largest absolute Gasteiger partial charge is 0.493 e. The minimum absolute atomic E-state index is 0.122. The van der Waals surface area contributed by atoms with Crippen LogP contribution < -0.4 is 20.3 Å². The highest BCUT2D eigenvalue weighted by Gasteiger charge is 2.05. The number of nitrogens with one attached hydrogen (secondary N) is 2. The van der Waals surface area contributed by atoms with Gasteiger partial charge in [-0.1, -0.05) is 24.0 Å². The first-order valence-electron chi connectivity index (χ1n) is 6.76. The summed E-state index contributed by atoms with van der Waals surface area (Å²) in [5.41, 5.74) is -0.244. The van der Waals surface area contributed by atoms with E-state index in [0.717, 1.165) is 0 Å². The lowest BCUT2D eigenvalue weighted by Gasteiger charge is -2.07. The molecule has 1 aromatic carbocycles. The maximum Gasteiger partial charge on any atom is 0.272 e. The lowest BCUT2D eigenvalue weighted by molar-refractivity contribution is 0.0952. The monoisotopic (exact) mass is 313 g/mol. The molecule has 0 aliphatic carbocycles. The highest BCUT2D eigenvalue weighted by Crippen LogP contribution is 2.25. The Balaban J connectivity index is 1.77. The van der Waals surface area contributed by atoms with Crippen LogP contribution in [0.4, 0.5) is 0 Å². The van der Waals surface area contributed by atoms with E-state index in [9.17, 15) is 9.59 Å². The van der Waals surface area contributed by atoms with Crippen LogP contribution in [-0.4, -0.2) is 36.4 Å². The molecule has 7 nitrogen and oxygen atoms in total. The van der Waals surface area contributed by atoms with Crippen LogP contribution in [0.5, 0.6) is 11.5 Å². The van der Waals surface area contributed by atoms with E-state index in [0.29, 0.717) is 11.5 Å². The Bertz CT molecular complexity index is 769. The third kappa shape index (κ3) is 4.89. The van der Waals surface area contributed by atoms with Gasteiger partial charge in [-0.05, 0) is 18.2 Å². The second-order valence-electron chi connectivity index (χ2n) is 4.28. The summed E-state index contributed by atoms with van der Waals surface area (Å²) < 4.78 is 10.6. The molecule has 0 saturated heterocycles. The van der Waals surface area contributed by atoms with E-state index in [1.807, 2.05) is 12.1 Å². The van der Waals surface area contributed by atoms with Gasteiger partial charge in [0.15, 0.2) is 11.5 Å². The number of H-pyrrole nitrogens is 1. The lowest BCUT2D eigenvalue weighted by Crippen LogP contribution is -2.26. The third-order valence-corrected chi connectivity index (χ3v) is 2.74. The molecule has 0 fully saturated rings. The number of hydrogen-bond donors (Lipinski definition) is 2. The minimum Gasteiger partial charge on any atom is -0.493 e. The van der Waals surface area contributed by atoms with Gasteiger partial charge in [-0.25, -0.2) is 5.10 Å². The summed E-state index contributed by atoms with van der Waals surface area (Å²) >= 11 is 0. The van der Waals surface area contributed by atoms with Crippen molar-refractivity contribution in [2.75, 3.05) is 20.3 Å². The number of carbonyl (C=O) groups is 1. The topological polar surface area (TPSA) is 93.3 Å². The Morgan fingerprint density at radius 1 is 1.22 bits per heavy atom. The quantitative estimate of drug-likeness (QED) is 0.788. The molecule has 0 bridgehead atoms. The van der Waals surface area contributed by atoms with Crippen LogP contribution in [0.1, 0.15) is 10.5 Å². The first kappa shape index (κ1) is 16.1. The third-order valence-electron chi connectivity index (χ3n) is 2.74. The van der Waals surface area contributed by atoms with Gasteiger partial charge in [0.1, 0.15) is 12.3 Å². The number of hydrogen-bond acceptors (Lipinski definition) is 5. The van der Waals surface area contributed by atoms with Crippen molar-refractivity contribution >= 4 is 5.91 Å². The number of aromatic nitrogens is 2. The summed E-state index contributed by atoms with van der Waals surface area (Å²) in [6.45, 7) is 0.322. The normalized spacial score (nSPS) is 9.43. The molecule has 0 saturated carbocycles. The number of carbonyl (C=O) groups excluding carboxylic acids is 1. The number of rotatable bonds is 5. The standard InChI is InChI=1S/C16H15N3O4/c1-22-13-6-2-3-7-14(13)23-11-5-4-10-17-16(21)12-8-9-15(20)19-18-12/h2-3,6-9H,10-11H2,1H3,(H,17,21)(H,19,20). The molecule has 1 aromatic heterocycles. The van der Waals surface area contributed by atoms with Crippen molar-refractivity contribution in [3.8, 4) is 23.3 Å². The highest BCUT2D eigenvalue weighted by atomic mass is 16.5. The second kappa shape index (κ2) is 8.24. The smallest absolute Gasteiger partial charge is 0.272 e. The zero-order valence-electron chi connectivity index (χ0n) is 12.5. The van der Waals surface area contributed by atoms with Gasteiger partial charge in [-0.15, -0.1) is 0 Å². The first-order valence-corrected chi connectivity index (χ1v) is 6.76. The molecular weight excluding hydrogens is 298 g/mol. The highest BCUT2D eigenvalue weighted by molar-refractivity contribution is 5.92. The van der Waals surface area contributed by atoms with E-state index in [-0.39, 0.29) is 24.4 Å². The number of para-hydroxylation sites is 2. The Morgan fingerprint density at radius 2 is 2.00 bits per heavy atom. The number of benzene rings is 1. The summed E-state index contributed by atoms with van der Waals surface area (Å²) in [7, 11) is 1.56. The molecule has 0 unspecified atom stereocenters. The average Bonchev–Trinajstić information content (AvgIpc) is 2.58. The molecular formula is C16H15N3O4. The maximum atomic E-state index is 11.7. The van der Waals surface area contributed by atoms with Crippen LogP contribution in [0.2, 0.25) is 0 Å². The summed E-state index contributed by atoms with van der Waals surface area (Å²) in [5.74, 6) is 6.36. The molecule has 7 heteroatoms. The van der Waals surface area contributed by atoms with Crippen LogP contribution in [0, 0.1) is 11.8 Å². The molecule has 2 rings (SSSR count). The van der Waals surface area contributed by atoms with E-state index in [1.54, 1.807) is 19.2 Å². The Morgan fingerprint density at radius 3 is 2.70 bits per heavy atom. The van der Waals surface area contributed by atoms with Gasteiger partial charge in [-0.2, -0.15) is 5.10 Å². The van der Waals surface area contributed by atoms with Gasteiger partial charge >= 0.3 is 0 Å². The zero-order valence-corrected chi connectivity index (χ0v) is 12.5. The molecule has 118 valence electrons. The summed E-state index contributed by atoms with van der Waals surface area (Å²) in [6.07, 6.45) is 0. The zero-order chi connectivity index (χ0) is 16.5. The molecule has 0 atom stereocenters. The molecule has 2 N–H and O–H groups in total. The predicted molar refractivity (Wildman–Crippen MR) is 83.5 cm³/mol. The van der Waals surface area contributed by atoms with Gasteiger partial charge < -0.3 is 14.8 Å². The molecule has 1 amide bonds. The fourth-order valence-corrected chi connectivity index (χ4v) is 1.65. The molecule has 0 aliphatic heterocycles. The minimum atomic E-state index is -0.416. The van der Waals surface area contributed by atoms with E-state index >= 15 is 0 Å².